The minimum absolute atomic E-state index is 0.0697. The summed E-state index contributed by atoms with van der Waals surface area (Å²) in [5.74, 6) is -0.139. The van der Waals surface area contributed by atoms with Crippen LogP contribution in [0.15, 0.2) is 106 Å². The highest BCUT2D eigenvalue weighted by atomic mass is 79.9. The third-order valence-corrected chi connectivity index (χ3v) is 8.19. The average molecular weight is 634 g/mol. The minimum atomic E-state index is -0.0697. The van der Waals surface area contributed by atoms with Crippen LogP contribution in [-0.4, -0.2) is 34.7 Å². The maximum atomic E-state index is 13.7. The standard InChI is InChI=1S/C32H30Br2N2O2/c1-23-13-15-27(19-29(23)33)31(37)35(21-25-9-5-3-6-10-25)17-18-36(22-26-11-7-4-8-12-26)32(38)28-16-14-24(2)30(34)20-28/h3-16,19-20H,17-18,21-22H2,1-2H3. The fourth-order valence-electron chi connectivity index (χ4n) is 4.17. The van der Waals surface area contributed by atoms with Crippen molar-refractivity contribution in [2.45, 2.75) is 26.9 Å². The molecular weight excluding hydrogens is 604 g/mol. The lowest BCUT2D eigenvalue weighted by molar-refractivity contribution is 0.0644. The van der Waals surface area contributed by atoms with E-state index in [9.17, 15) is 9.59 Å². The first kappa shape index (κ1) is 27.8. The van der Waals surface area contributed by atoms with Gasteiger partial charge in [0.15, 0.2) is 0 Å². The molecule has 194 valence electrons. The lowest BCUT2D eigenvalue weighted by atomic mass is 10.1. The van der Waals surface area contributed by atoms with E-state index in [4.69, 9.17) is 0 Å². The molecule has 0 spiro atoms. The molecule has 0 aromatic heterocycles. The monoisotopic (exact) mass is 632 g/mol. The Morgan fingerprint density at radius 3 is 1.29 bits per heavy atom. The number of hydrogen-bond acceptors (Lipinski definition) is 2. The summed E-state index contributed by atoms with van der Waals surface area (Å²) >= 11 is 7.12. The van der Waals surface area contributed by atoms with Gasteiger partial charge >= 0.3 is 0 Å². The molecule has 0 fully saturated rings. The van der Waals surface area contributed by atoms with Crippen molar-refractivity contribution >= 4 is 43.7 Å². The number of carbonyl (C=O) groups is 2. The number of amides is 2. The van der Waals surface area contributed by atoms with Crippen molar-refractivity contribution in [1.29, 1.82) is 0 Å². The first-order valence-corrected chi connectivity index (χ1v) is 14.1. The molecule has 0 radical (unpaired) electrons. The first-order valence-electron chi connectivity index (χ1n) is 12.5. The van der Waals surface area contributed by atoms with Crippen LogP contribution in [0.4, 0.5) is 0 Å². The third-order valence-electron chi connectivity index (χ3n) is 6.48. The highest BCUT2D eigenvalue weighted by Gasteiger charge is 2.22. The van der Waals surface area contributed by atoms with Gasteiger partial charge in [0, 0.05) is 46.3 Å². The number of rotatable bonds is 9. The maximum absolute atomic E-state index is 13.7. The molecule has 0 aliphatic rings. The molecule has 0 N–H and O–H groups in total. The van der Waals surface area contributed by atoms with E-state index in [0.29, 0.717) is 37.3 Å². The second-order valence-electron chi connectivity index (χ2n) is 9.35. The zero-order valence-electron chi connectivity index (χ0n) is 21.5. The van der Waals surface area contributed by atoms with Gasteiger partial charge in [-0.05, 0) is 60.4 Å². The summed E-state index contributed by atoms with van der Waals surface area (Å²) in [6.07, 6.45) is 0. The second kappa shape index (κ2) is 13.0. The molecular formula is C32H30Br2N2O2. The van der Waals surface area contributed by atoms with Crippen molar-refractivity contribution in [2.75, 3.05) is 13.1 Å². The minimum Gasteiger partial charge on any atom is -0.333 e. The molecule has 6 heteroatoms. The van der Waals surface area contributed by atoms with Crippen LogP contribution in [0, 0.1) is 13.8 Å². The van der Waals surface area contributed by atoms with E-state index in [1.165, 1.54) is 0 Å². The molecule has 0 aliphatic heterocycles. The van der Waals surface area contributed by atoms with Crippen LogP contribution >= 0.6 is 31.9 Å². The molecule has 0 aliphatic carbocycles. The van der Waals surface area contributed by atoms with Crippen LogP contribution in [0.1, 0.15) is 43.0 Å². The van der Waals surface area contributed by atoms with Gasteiger partial charge in [-0.3, -0.25) is 9.59 Å². The van der Waals surface area contributed by atoms with Crippen molar-refractivity contribution in [2.24, 2.45) is 0 Å². The van der Waals surface area contributed by atoms with Crippen LogP contribution in [0.2, 0.25) is 0 Å². The largest absolute Gasteiger partial charge is 0.333 e. The molecule has 0 saturated heterocycles. The summed E-state index contributed by atoms with van der Waals surface area (Å²) in [6, 6.07) is 31.2. The molecule has 4 rings (SSSR count). The van der Waals surface area contributed by atoms with E-state index in [1.54, 1.807) is 0 Å². The molecule has 4 aromatic carbocycles. The third kappa shape index (κ3) is 7.21. The highest BCUT2D eigenvalue weighted by Crippen LogP contribution is 2.21. The topological polar surface area (TPSA) is 40.6 Å². The Hall–Kier alpha value is -3.22. The SMILES string of the molecule is Cc1ccc(C(=O)N(CCN(Cc2ccccc2)C(=O)c2ccc(C)c(Br)c2)Cc2ccccc2)cc1Br. The summed E-state index contributed by atoms with van der Waals surface area (Å²) in [4.78, 5) is 31.0. The van der Waals surface area contributed by atoms with Crippen molar-refractivity contribution in [1.82, 2.24) is 9.80 Å². The zero-order valence-corrected chi connectivity index (χ0v) is 24.7. The van der Waals surface area contributed by atoms with E-state index < -0.39 is 0 Å². The van der Waals surface area contributed by atoms with Gasteiger partial charge in [0.2, 0.25) is 0 Å². The molecule has 38 heavy (non-hydrogen) atoms. The highest BCUT2D eigenvalue weighted by molar-refractivity contribution is 9.10. The van der Waals surface area contributed by atoms with Gasteiger partial charge in [0.05, 0.1) is 0 Å². The van der Waals surface area contributed by atoms with Gasteiger partial charge in [-0.1, -0.05) is 105 Å². The fraction of sp³-hybridized carbons (Fsp3) is 0.188. The van der Waals surface area contributed by atoms with E-state index in [-0.39, 0.29) is 11.8 Å². The Labute approximate surface area is 241 Å². The lowest BCUT2D eigenvalue weighted by Crippen LogP contribution is -2.40. The molecule has 4 aromatic rings. The number of benzene rings is 4. The van der Waals surface area contributed by atoms with E-state index in [0.717, 1.165) is 31.2 Å². The van der Waals surface area contributed by atoms with Crippen LogP contribution in [0.5, 0.6) is 0 Å². The molecule has 0 bridgehead atoms. The Balaban J connectivity index is 1.61. The molecule has 0 unspecified atom stereocenters. The van der Waals surface area contributed by atoms with Crippen LogP contribution < -0.4 is 0 Å². The maximum Gasteiger partial charge on any atom is 0.254 e. The van der Waals surface area contributed by atoms with E-state index in [2.05, 4.69) is 31.9 Å². The summed E-state index contributed by atoms with van der Waals surface area (Å²) in [5.41, 5.74) is 5.44. The smallest absolute Gasteiger partial charge is 0.254 e. The first-order chi connectivity index (χ1) is 18.3. The number of nitrogens with zero attached hydrogens (tertiary/aromatic N) is 2. The van der Waals surface area contributed by atoms with Crippen molar-refractivity contribution in [3.8, 4) is 0 Å². The molecule has 0 heterocycles. The Morgan fingerprint density at radius 2 is 0.947 bits per heavy atom. The summed E-state index contributed by atoms with van der Waals surface area (Å²) in [6.45, 7) is 5.69. The van der Waals surface area contributed by atoms with Crippen LogP contribution in [0.25, 0.3) is 0 Å². The molecule has 0 saturated carbocycles. The fourth-order valence-corrected chi connectivity index (χ4v) is 4.93. The average Bonchev–Trinajstić information content (AvgIpc) is 2.93. The molecule has 0 atom stereocenters. The summed E-state index contributed by atoms with van der Waals surface area (Å²) < 4.78 is 1.79. The number of halogens is 2. The van der Waals surface area contributed by atoms with Crippen molar-refractivity contribution < 1.29 is 9.59 Å². The number of hydrogen-bond donors (Lipinski definition) is 0. The van der Waals surface area contributed by atoms with E-state index in [1.807, 2.05) is 121 Å². The molecule has 2 amide bonds. The predicted molar refractivity (Wildman–Crippen MR) is 160 cm³/mol. The summed E-state index contributed by atoms with van der Waals surface area (Å²) in [5, 5.41) is 0. The summed E-state index contributed by atoms with van der Waals surface area (Å²) in [7, 11) is 0. The van der Waals surface area contributed by atoms with E-state index >= 15 is 0 Å². The number of carbonyl (C=O) groups excluding carboxylic acids is 2. The Morgan fingerprint density at radius 1 is 0.579 bits per heavy atom. The lowest BCUT2D eigenvalue weighted by Gasteiger charge is -2.29. The van der Waals surface area contributed by atoms with Gasteiger partial charge < -0.3 is 9.80 Å². The quantitative estimate of drug-likeness (QED) is 0.189. The predicted octanol–water partition coefficient (Wildman–Crippen LogP) is 7.81. The zero-order chi connectivity index (χ0) is 27.1. The second-order valence-corrected chi connectivity index (χ2v) is 11.1. The Bertz CT molecular complexity index is 1300. The molecule has 4 nitrogen and oxygen atoms in total. The number of aryl methyl sites for hydroxylation is 2. The van der Waals surface area contributed by atoms with Crippen LogP contribution in [-0.2, 0) is 13.1 Å². The van der Waals surface area contributed by atoms with Gasteiger partial charge in [-0.15, -0.1) is 0 Å². The van der Waals surface area contributed by atoms with Gasteiger partial charge in [0.1, 0.15) is 0 Å². The van der Waals surface area contributed by atoms with Crippen molar-refractivity contribution in [3.63, 3.8) is 0 Å². The normalized spacial score (nSPS) is 10.7. The van der Waals surface area contributed by atoms with Gasteiger partial charge in [-0.25, -0.2) is 0 Å². The van der Waals surface area contributed by atoms with Gasteiger partial charge in [-0.2, -0.15) is 0 Å². The Kier molecular flexibility index (Phi) is 9.53. The van der Waals surface area contributed by atoms with Crippen LogP contribution in [0.3, 0.4) is 0 Å². The van der Waals surface area contributed by atoms with Gasteiger partial charge in [0.25, 0.3) is 11.8 Å². The van der Waals surface area contributed by atoms with Crippen molar-refractivity contribution in [3.05, 3.63) is 139 Å².